The second-order valence-electron chi connectivity index (χ2n) is 5.46. The van der Waals surface area contributed by atoms with Gasteiger partial charge in [0.2, 0.25) is 0 Å². The molecule has 0 bridgehead atoms. The molecule has 1 nitrogen and oxygen atoms in total. The van der Waals surface area contributed by atoms with Crippen LogP contribution in [-0.4, -0.2) is 0 Å². The highest BCUT2D eigenvalue weighted by Crippen LogP contribution is 2.34. The lowest BCUT2D eigenvalue weighted by Gasteiger charge is -2.20. The standard InChI is InChI=1S/C17H17N/c1-17(2,3)14-10-11-15(16(12-14)18-4)13-8-6-5-7-9-13/h5-12H,1-3H3. The lowest BCUT2D eigenvalue weighted by molar-refractivity contribution is 0.590. The molecule has 0 aliphatic heterocycles. The summed E-state index contributed by atoms with van der Waals surface area (Å²) in [6.07, 6.45) is 0. The van der Waals surface area contributed by atoms with E-state index in [1.165, 1.54) is 5.56 Å². The van der Waals surface area contributed by atoms with E-state index in [1.807, 2.05) is 36.4 Å². The summed E-state index contributed by atoms with van der Waals surface area (Å²) in [5.41, 5.74) is 4.12. The van der Waals surface area contributed by atoms with Gasteiger partial charge in [-0.2, -0.15) is 0 Å². The Morgan fingerprint density at radius 3 is 2.17 bits per heavy atom. The summed E-state index contributed by atoms with van der Waals surface area (Å²) in [4.78, 5) is 3.67. The Labute approximate surface area is 109 Å². The van der Waals surface area contributed by atoms with Crippen molar-refractivity contribution >= 4 is 5.69 Å². The number of benzene rings is 2. The van der Waals surface area contributed by atoms with E-state index in [2.05, 4.69) is 37.7 Å². The van der Waals surface area contributed by atoms with Crippen LogP contribution in [0.4, 0.5) is 5.69 Å². The molecular formula is C17H17N. The molecule has 0 aromatic heterocycles. The molecule has 2 rings (SSSR count). The van der Waals surface area contributed by atoms with Gasteiger partial charge in [-0.25, -0.2) is 4.85 Å². The maximum absolute atomic E-state index is 7.36. The molecule has 2 aromatic rings. The Bertz CT molecular complexity index is 583. The molecule has 1 heteroatoms. The van der Waals surface area contributed by atoms with Gasteiger partial charge >= 0.3 is 0 Å². The third-order valence-electron chi connectivity index (χ3n) is 3.07. The summed E-state index contributed by atoms with van der Waals surface area (Å²) in [6.45, 7) is 13.9. The van der Waals surface area contributed by atoms with Gasteiger partial charge in [0.25, 0.3) is 0 Å². The normalized spacial score (nSPS) is 11.0. The minimum Gasteiger partial charge on any atom is -0.238 e. The first-order valence-electron chi connectivity index (χ1n) is 6.10. The Morgan fingerprint density at radius 1 is 0.944 bits per heavy atom. The van der Waals surface area contributed by atoms with E-state index >= 15 is 0 Å². The molecule has 0 fully saturated rings. The van der Waals surface area contributed by atoms with Crippen LogP contribution in [0.2, 0.25) is 0 Å². The summed E-state index contributed by atoms with van der Waals surface area (Å²) in [5, 5.41) is 0. The van der Waals surface area contributed by atoms with Gasteiger partial charge in [-0.05, 0) is 16.5 Å². The minimum absolute atomic E-state index is 0.0780. The van der Waals surface area contributed by atoms with E-state index in [9.17, 15) is 0 Å². The van der Waals surface area contributed by atoms with Gasteiger partial charge in [0.15, 0.2) is 5.69 Å². The Hall–Kier alpha value is -2.07. The third kappa shape index (κ3) is 2.43. The molecule has 0 spiro atoms. The second-order valence-corrected chi connectivity index (χ2v) is 5.46. The zero-order valence-electron chi connectivity index (χ0n) is 11.1. The molecule has 0 saturated heterocycles. The second kappa shape index (κ2) is 4.66. The van der Waals surface area contributed by atoms with Crippen LogP contribution in [0.15, 0.2) is 48.5 Å². The maximum atomic E-state index is 7.36. The van der Waals surface area contributed by atoms with Crippen LogP contribution >= 0.6 is 0 Å². The van der Waals surface area contributed by atoms with Crippen molar-refractivity contribution in [3.8, 4) is 11.1 Å². The lowest BCUT2D eigenvalue weighted by Crippen LogP contribution is -2.10. The van der Waals surface area contributed by atoms with Crippen LogP contribution in [0.3, 0.4) is 0 Å². The molecule has 18 heavy (non-hydrogen) atoms. The first-order valence-corrected chi connectivity index (χ1v) is 6.10. The summed E-state index contributed by atoms with van der Waals surface area (Å²) in [5.74, 6) is 0. The Balaban J connectivity index is 2.56. The molecule has 0 aliphatic carbocycles. The molecule has 0 N–H and O–H groups in total. The van der Waals surface area contributed by atoms with Gasteiger partial charge < -0.3 is 0 Å². The third-order valence-corrected chi connectivity index (χ3v) is 3.07. The van der Waals surface area contributed by atoms with Gasteiger partial charge in [0.05, 0.1) is 6.57 Å². The number of hydrogen-bond donors (Lipinski definition) is 0. The fraction of sp³-hybridized carbons (Fsp3) is 0.235. The highest BCUT2D eigenvalue weighted by molar-refractivity contribution is 5.79. The molecule has 0 aliphatic rings. The molecule has 0 saturated carbocycles. The van der Waals surface area contributed by atoms with Crippen molar-refractivity contribution in [1.29, 1.82) is 0 Å². The molecule has 0 unspecified atom stereocenters. The highest BCUT2D eigenvalue weighted by Gasteiger charge is 2.15. The SMILES string of the molecule is [C-]#[N+]c1cc(C(C)(C)C)ccc1-c1ccccc1. The van der Waals surface area contributed by atoms with Crippen LogP contribution in [-0.2, 0) is 5.41 Å². The van der Waals surface area contributed by atoms with Gasteiger partial charge in [-0.1, -0.05) is 74.9 Å². The maximum Gasteiger partial charge on any atom is 0.195 e. The van der Waals surface area contributed by atoms with Crippen LogP contribution < -0.4 is 0 Å². The van der Waals surface area contributed by atoms with Crippen LogP contribution in [0.5, 0.6) is 0 Å². The molecular weight excluding hydrogens is 218 g/mol. The summed E-state index contributed by atoms with van der Waals surface area (Å²) in [6, 6.07) is 16.3. The topological polar surface area (TPSA) is 4.36 Å². The minimum atomic E-state index is 0.0780. The zero-order valence-corrected chi connectivity index (χ0v) is 11.1. The Morgan fingerprint density at radius 2 is 1.61 bits per heavy atom. The van der Waals surface area contributed by atoms with Crippen LogP contribution in [0, 0.1) is 6.57 Å². The first-order chi connectivity index (χ1) is 8.52. The monoisotopic (exact) mass is 235 g/mol. The molecule has 0 amide bonds. The summed E-state index contributed by atoms with van der Waals surface area (Å²) >= 11 is 0. The van der Waals surface area contributed by atoms with Crippen molar-refractivity contribution in [3.05, 3.63) is 65.5 Å². The average Bonchev–Trinajstić information content (AvgIpc) is 2.38. The van der Waals surface area contributed by atoms with E-state index in [-0.39, 0.29) is 5.41 Å². The van der Waals surface area contributed by atoms with Crippen molar-refractivity contribution < 1.29 is 0 Å². The van der Waals surface area contributed by atoms with Gasteiger partial charge in [0, 0.05) is 0 Å². The average molecular weight is 235 g/mol. The van der Waals surface area contributed by atoms with Crippen molar-refractivity contribution in [2.24, 2.45) is 0 Å². The lowest BCUT2D eigenvalue weighted by atomic mass is 9.85. The number of nitrogens with zero attached hydrogens (tertiary/aromatic N) is 1. The molecule has 0 heterocycles. The van der Waals surface area contributed by atoms with Gasteiger partial charge in [0.1, 0.15) is 0 Å². The number of rotatable bonds is 1. The molecule has 0 radical (unpaired) electrons. The van der Waals surface area contributed by atoms with E-state index < -0.39 is 0 Å². The predicted octanol–water partition coefficient (Wildman–Crippen LogP) is 5.20. The highest BCUT2D eigenvalue weighted by atomic mass is 14.6. The van der Waals surface area contributed by atoms with Crippen LogP contribution in [0.1, 0.15) is 26.3 Å². The molecule has 2 aromatic carbocycles. The first kappa shape index (κ1) is 12.4. The molecule has 90 valence electrons. The van der Waals surface area contributed by atoms with Crippen molar-refractivity contribution in [3.63, 3.8) is 0 Å². The van der Waals surface area contributed by atoms with E-state index in [0.717, 1.165) is 16.8 Å². The fourth-order valence-corrected chi connectivity index (χ4v) is 1.95. The Kier molecular flexibility index (Phi) is 3.21. The quantitative estimate of drug-likeness (QED) is 0.598. The smallest absolute Gasteiger partial charge is 0.195 e. The predicted molar refractivity (Wildman–Crippen MR) is 76.8 cm³/mol. The van der Waals surface area contributed by atoms with Crippen LogP contribution in [0.25, 0.3) is 16.0 Å². The van der Waals surface area contributed by atoms with Crippen molar-refractivity contribution in [2.45, 2.75) is 26.2 Å². The van der Waals surface area contributed by atoms with Crippen molar-refractivity contribution in [1.82, 2.24) is 0 Å². The van der Waals surface area contributed by atoms with Gasteiger partial charge in [-0.3, -0.25) is 0 Å². The number of hydrogen-bond acceptors (Lipinski definition) is 0. The van der Waals surface area contributed by atoms with Gasteiger partial charge in [-0.15, -0.1) is 0 Å². The van der Waals surface area contributed by atoms with E-state index in [1.54, 1.807) is 0 Å². The fourth-order valence-electron chi connectivity index (χ4n) is 1.95. The molecule has 0 atom stereocenters. The van der Waals surface area contributed by atoms with E-state index in [4.69, 9.17) is 6.57 Å². The van der Waals surface area contributed by atoms with E-state index in [0.29, 0.717) is 0 Å². The zero-order chi connectivity index (χ0) is 13.2. The summed E-state index contributed by atoms with van der Waals surface area (Å²) in [7, 11) is 0. The largest absolute Gasteiger partial charge is 0.238 e. The summed E-state index contributed by atoms with van der Waals surface area (Å²) < 4.78 is 0. The van der Waals surface area contributed by atoms with Crippen molar-refractivity contribution in [2.75, 3.05) is 0 Å².